The van der Waals surface area contributed by atoms with Crippen LogP contribution in [0, 0.1) is 5.41 Å². The summed E-state index contributed by atoms with van der Waals surface area (Å²) in [5, 5.41) is 7.54. The lowest BCUT2D eigenvalue weighted by atomic mass is 10.2. The number of ether oxygens (including phenoxy) is 1. The minimum Gasteiger partial charge on any atom is -0.493 e. The lowest BCUT2D eigenvalue weighted by Gasteiger charge is -2.15. The average molecular weight is 307 g/mol. The maximum Gasteiger partial charge on any atom is 0.148 e. The van der Waals surface area contributed by atoms with Crippen molar-refractivity contribution < 1.29 is 13.2 Å². The molecule has 0 spiro atoms. The first-order chi connectivity index (χ1) is 9.96. The maximum absolute atomic E-state index is 11.4. The van der Waals surface area contributed by atoms with E-state index in [1.807, 2.05) is 24.3 Å². The van der Waals surface area contributed by atoms with E-state index in [1.54, 1.807) is 17.2 Å². The Bertz CT molecular complexity index is 722. The first kappa shape index (κ1) is 14.1. The molecule has 0 radical (unpaired) electrons. The molecule has 1 aromatic carbocycles. The van der Waals surface area contributed by atoms with Crippen LogP contribution in [0.15, 0.2) is 36.9 Å². The molecule has 6 nitrogen and oxygen atoms in total. The summed E-state index contributed by atoms with van der Waals surface area (Å²) >= 11 is 0. The number of aromatic nitrogens is 3. The van der Waals surface area contributed by atoms with Crippen molar-refractivity contribution in [1.82, 2.24) is 14.8 Å². The Hall–Kier alpha value is -1.89. The van der Waals surface area contributed by atoms with Gasteiger partial charge in [0, 0.05) is 17.7 Å². The first-order valence-corrected chi connectivity index (χ1v) is 8.78. The molecule has 0 amide bonds. The Morgan fingerprint density at radius 1 is 1.29 bits per heavy atom. The van der Waals surface area contributed by atoms with Gasteiger partial charge in [0.1, 0.15) is 28.2 Å². The lowest BCUT2D eigenvalue weighted by molar-refractivity contribution is 0.248. The van der Waals surface area contributed by atoms with Gasteiger partial charge in [-0.2, -0.15) is 0 Å². The van der Waals surface area contributed by atoms with Crippen LogP contribution in [0.2, 0.25) is 0 Å². The highest BCUT2D eigenvalue weighted by Gasteiger charge is 2.46. The zero-order valence-corrected chi connectivity index (χ0v) is 12.6. The molecule has 0 N–H and O–H groups in total. The second-order valence-corrected chi connectivity index (χ2v) is 7.87. The zero-order chi connectivity index (χ0) is 14.9. The fraction of sp³-hybridized carbons (Fsp3) is 0.429. The van der Waals surface area contributed by atoms with E-state index < -0.39 is 9.84 Å². The lowest BCUT2D eigenvalue weighted by Crippen LogP contribution is -2.22. The van der Waals surface area contributed by atoms with E-state index in [0.717, 1.165) is 24.3 Å². The summed E-state index contributed by atoms with van der Waals surface area (Å²) in [6, 6.07) is 7.57. The number of nitrogens with zero attached hydrogens (tertiary/aromatic N) is 3. The van der Waals surface area contributed by atoms with Gasteiger partial charge in [0.05, 0.1) is 18.0 Å². The van der Waals surface area contributed by atoms with Gasteiger partial charge in [0.15, 0.2) is 0 Å². The number of hydrogen-bond acceptors (Lipinski definition) is 5. The minimum absolute atomic E-state index is 0.194. The third kappa shape index (κ3) is 3.60. The van der Waals surface area contributed by atoms with Crippen LogP contribution in [0.4, 0.5) is 0 Å². The quantitative estimate of drug-likeness (QED) is 0.808. The van der Waals surface area contributed by atoms with E-state index in [4.69, 9.17) is 4.74 Å². The van der Waals surface area contributed by atoms with Crippen LogP contribution in [0.5, 0.6) is 5.75 Å². The second kappa shape index (κ2) is 5.14. The fourth-order valence-corrected chi connectivity index (χ4v) is 3.85. The van der Waals surface area contributed by atoms with Crippen molar-refractivity contribution in [3.8, 4) is 11.4 Å². The van der Waals surface area contributed by atoms with Crippen LogP contribution in [0.3, 0.4) is 0 Å². The van der Waals surface area contributed by atoms with E-state index >= 15 is 0 Å². The van der Waals surface area contributed by atoms with Crippen LogP contribution in [0.25, 0.3) is 5.69 Å². The highest BCUT2D eigenvalue weighted by molar-refractivity contribution is 7.90. The van der Waals surface area contributed by atoms with Gasteiger partial charge in [-0.1, -0.05) is 6.07 Å². The van der Waals surface area contributed by atoms with Crippen molar-refractivity contribution in [2.24, 2.45) is 5.41 Å². The normalized spacial score (nSPS) is 16.6. The summed E-state index contributed by atoms with van der Waals surface area (Å²) in [6.45, 7) is 0.436. The van der Waals surface area contributed by atoms with Crippen molar-refractivity contribution >= 4 is 9.84 Å². The Balaban J connectivity index is 1.68. The van der Waals surface area contributed by atoms with E-state index in [1.165, 1.54) is 6.26 Å². The van der Waals surface area contributed by atoms with Gasteiger partial charge in [-0.25, -0.2) is 8.42 Å². The molecule has 2 aromatic rings. The molecule has 1 aliphatic rings. The van der Waals surface area contributed by atoms with E-state index in [0.29, 0.717) is 6.61 Å². The topological polar surface area (TPSA) is 74.1 Å². The highest BCUT2D eigenvalue weighted by atomic mass is 32.2. The monoisotopic (exact) mass is 307 g/mol. The molecule has 1 fully saturated rings. The Labute approximate surface area is 123 Å². The largest absolute Gasteiger partial charge is 0.493 e. The maximum atomic E-state index is 11.4. The molecule has 0 saturated heterocycles. The predicted octanol–water partition coefficient (Wildman–Crippen LogP) is 1.47. The van der Waals surface area contributed by atoms with Crippen molar-refractivity contribution in [3.05, 3.63) is 36.9 Å². The van der Waals surface area contributed by atoms with Crippen LogP contribution in [-0.2, 0) is 9.84 Å². The molecule has 1 aromatic heterocycles. The van der Waals surface area contributed by atoms with Crippen molar-refractivity contribution in [2.75, 3.05) is 18.6 Å². The summed E-state index contributed by atoms with van der Waals surface area (Å²) < 4.78 is 30.5. The van der Waals surface area contributed by atoms with Gasteiger partial charge >= 0.3 is 0 Å². The van der Waals surface area contributed by atoms with Gasteiger partial charge < -0.3 is 4.74 Å². The molecule has 0 atom stereocenters. The molecule has 21 heavy (non-hydrogen) atoms. The van der Waals surface area contributed by atoms with E-state index in [-0.39, 0.29) is 11.2 Å². The van der Waals surface area contributed by atoms with Crippen LogP contribution < -0.4 is 4.74 Å². The third-order valence-electron chi connectivity index (χ3n) is 3.61. The SMILES string of the molecule is CS(=O)(=O)CC1(COc2cccc(-n3cnnc3)c2)CC1. The number of benzene rings is 1. The van der Waals surface area contributed by atoms with Crippen LogP contribution >= 0.6 is 0 Å². The summed E-state index contributed by atoms with van der Waals surface area (Å²) in [6.07, 6.45) is 6.33. The molecule has 1 heterocycles. The van der Waals surface area contributed by atoms with Gasteiger partial charge in [-0.05, 0) is 25.0 Å². The molecule has 0 aliphatic heterocycles. The molecule has 112 valence electrons. The van der Waals surface area contributed by atoms with E-state index in [9.17, 15) is 8.42 Å². The summed E-state index contributed by atoms with van der Waals surface area (Å²) in [7, 11) is -2.97. The summed E-state index contributed by atoms with van der Waals surface area (Å²) in [4.78, 5) is 0. The summed E-state index contributed by atoms with van der Waals surface area (Å²) in [5.41, 5.74) is 0.714. The zero-order valence-electron chi connectivity index (χ0n) is 11.8. The summed E-state index contributed by atoms with van der Waals surface area (Å²) in [5.74, 6) is 0.923. The van der Waals surface area contributed by atoms with Gasteiger partial charge in [-0.15, -0.1) is 10.2 Å². The van der Waals surface area contributed by atoms with Crippen molar-refractivity contribution in [1.29, 1.82) is 0 Å². The van der Waals surface area contributed by atoms with Crippen LogP contribution in [0.1, 0.15) is 12.8 Å². The van der Waals surface area contributed by atoms with Crippen LogP contribution in [-0.4, -0.2) is 41.8 Å². The number of sulfone groups is 1. The molecule has 3 rings (SSSR count). The number of rotatable bonds is 6. The molecule has 0 unspecified atom stereocenters. The fourth-order valence-electron chi connectivity index (χ4n) is 2.37. The minimum atomic E-state index is -2.97. The average Bonchev–Trinajstić information content (AvgIpc) is 2.96. The molecular weight excluding hydrogens is 290 g/mol. The molecule has 7 heteroatoms. The standard InChI is InChI=1S/C14H17N3O3S/c1-21(18,19)9-14(5-6-14)8-20-13-4-2-3-12(7-13)17-10-15-16-11-17/h2-4,7,10-11H,5-6,8-9H2,1H3. The Morgan fingerprint density at radius 2 is 2.00 bits per heavy atom. The van der Waals surface area contributed by atoms with Gasteiger partial charge in [0.2, 0.25) is 0 Å². The predicted molar refractivity (Wildman–Crippen MR) is 78.2 cm³/mol. The Kier molecular flexibility index (Phi) is 3.44. The Morgan fingerprint density at radius 3 is 2.62 bits per heavy atom. The molecule has 1 aliphatic carbocycles. The molecule has 1 saturated carbocycles. The highest BCUT2D eigenvalue weighted by Crippen LogP contribution is 2.46. The molecular formula is C14H17N3O3S. The van der Waals surface area contributed by atoms with E-state index in [2.05, 4.69) is 10.2 Å². The third-order valence-corrected chi connectivity index (χ3v) is 4.74. The second-order valence-electron chi connectivity index (χ2n) is 5.73. The van der Waals surface area contributed by atoms with Crippen molar-refractivity contribution in [3.63, 3.8) is 0 Å². The van der Waals surface area contributed by atoms with Gasteiger partial charge in [0.25, 0.3) is 0 Å². The smallest absolute Gasteiger partial charge is 0.148 e. The van der Waals surface area contributed by atoms with Gasteiger partial charge in [-0.3, -0.25) is 4.57 Å². The number of hydrogen-bond donors (Lipinski definition) is 0. The van der Waals surface area contributed by atoms with Crippen molar-refractivity contribution in [2.45, 2.75) is 12.8 Å². The molecule has 0 bridgehead atoms. The first-order valence-electron chi connectivity index (χ1n) is 6.72.